The van der Waals surface area contributed by atoms with Crippen molar-refractivity contribution in [1.82, 2.24) is 4.57 Å². The first-order valence-corrected chi connectivity index (χ1v) is 11.1. The largest absolute Gasteiger partial charge is 0.439 e. The molecule has 0 saturated carbocycles. The zero-order chi connectivity index (χ0) is 24.0. The number of pyridine rings is 1. The minimum Gasteiger partial charge on any atom is -0.439 e. The molecule has 3 aromatic carbocycles. The van der Waals surface area contributed by atoms with Crippen molar-refractivity contribution in [3.05, 3.63) is 98.3 Å². The molecular formula is C27H23N3O4. The highest BCUT2D eigenvalue weighted by atomic mass is 16.6. The van der Waals surface area contributed by atoms with Crippen LogP contribution in [0, 0.1) is 24.0 Å². The van der Waals surface area contributed by atoms with Crippen LogP contribution in [-0.2, 0) is 6.54 Å². The average molecular weight is 453 g/mol. The lowest BCUT2D eigenvalue weighted by atomic mass is 10.0. The van der Waals surface area contributed by atoms with Crippen LogP contribution in [0.5, 0.6) is 0 Å². The molecule has 7 heteroatoms. The van der Waals surface area contributed by atoms with Crippen molar-refractivity contribution in [1.29, 1.82) is 0 Å². The van der Waals surface area contributed by atoms with Crippen molar-refractivity contribution < 1.29 is 9.34 Å². The van der Waals surface area contributed by atoms with E-state index in [-0.39, 0.29) is 11.2 Å². The number of rotatable bonds is 5. The molecule has 0 spiro atoms. The van der Waals surface area contributed by atoms with Crippen LogP contribution in [0.3, 0.4) is 0 Å². The van der Waals surface area contributed by atoms with Crippen LogP contribution in [0.15, 0.2) is 75.9 Å². The SMILES string of the molecule is CCn1c(=O)c2c(-c3ccc([N+](=O)[O-])cc3)c(Nc3ccc(C)cc3C)oc2c2ccccc21. The summed E-state index contributed by atoms with van der Waals surface area (Å²) in [6, 6.07) is 19.9. The molecule has 2 heterocycles. The number of aryl methyl sites for hydroxylation is 3. The number of non-ortho nitro benzene ring substituents is 1. The number of furan rings is 1. The standard InChI is InChI=1S/C27H23N3O4/c1-4-29-22-8-6-5-7-20(22)25-24(27(29)31)23(18-10-12-19(13-11-18)30(32)33)26(34-25)28-21-14-9-16(2)15-17(21)3/h5-15,28H,4H2,1-3H3. The Balaban J connectivity index is 1.85. The first-order valence-electron chi connectivity index (χ1n) is 11.1. The van der Waals surface area contributed by atoms with Crippen LogP contribution in [0.25, 0.3) is 33.0 Å². The lowest BCUT2D eigenvalue weighted by Crippen LogP contribution is -2.19. The van der Waals surface area contributed by atoms with Crippen LogP contribution >= 0.6 is 0 Å². The molecule has 0 unspecified atom stereocenters. The van der Waals surface area contributed by atoms with Gasteiger partial charge in [0.15, 0.2) is 5.58 Å². The normalized spacial score (nSPS) is 11.3. The fourth-order valence-electron chi connectivity index (χ4n) is 4.47. The molecule has 5 rings (SSSR count). The van der Waals surface area contributed by atoms with Crippen molar-refractivity contribution in [2.24, 2.45) is 0 Å². The Morgan fingerprint density at radius 1 is 1.03 bits per heavy atom. The number of nitrogens with zero attached hydrogens (tertiary/aromatic N) is 2. The minimum atomic E-state index is -0.441. The van der Waals surface area contributed by atoms with E-state index in [1.807, 2.05) is 57.2 Å². The van der Waals surface area contributed by atoms with Crippen molar-refractivity contribution in [2.75, 3.05) is 5.32 Å². The second kappa shape index (κ2) is 8.19. The number of aromatic nitrogens is 1. The van der Waals surface area contributed by atoms with Gasteiger partial charge >= 0.3 is 0 Å². The number of para-hydroxylation sites is 1. The Labute approximate surface area is 195 Å². The van der Waals surface area contributed by atoms with Gasteiger partial charge in [-0.25, -0.2) is 0 Å². The zero-order valence-electron chi connectivity index (χ0n) is 19.1. The van der Waals surface area contributed by atoms with Crippen LogP contribution < -0.4 is 10.9 Å². The highest BCUT2D eigenvalue weighted by Gasteiger charge is 2.24. The van der Waals surface area contributed by atoms with Gasteiger partial charge in [-0.2, -0.15) is 0 Å². The lowest BCUT2D eigenvalue weighted by Gasteiger charge is -2.10. The Morgan fingerprint density at radius 3 is 2.44 bits per heavy atom. The Hall–Kier alpha value is -4.39. The average Bonchev–Trinajstić information content (AvgIpc) is 3.21. The fraction of sp³-hybridized carbons (Fsp3) is 0.148. The number of benzene rings is 3. The molecule has 2 aromatic heterocycles. The predicted octanol–water partition coefficient (Wildman–Crippen LogP) is 6.70. The van der Waals surface area contributed by atoms with E-state index in [4.69, 9.17) is 4.42 Å². The lowest BCUT2D eigenvalue weighted by molar-refractivity contribution is -0.384. The van der Waals surface area contributed by atoms with Gasteiger partial charge in [0.25, 0.3) is 11.2 Å². The minimum absolute atomic E-state index is 0.0168. The molecule has 0 aliphatic carbocycles. The molecule has 0 radical (unpaired) electrons. The highest BCUT2D eigenvalue weighted by molar-refractivity contribution is 6.11. The van der Waals surface area contributed by atoms with Gasteiger partial charge in [-0.15, -0.1) is 0 Å². The van der Waals surface area contributed by atoms with Gasteiger partial charge in [0.2, 0.25) is 5.88 Å². The monoisotopic (exact) mass is 453 g/mol. The summed E-state index contributed by atoms with van der Waals surface area (Å²) in [5.41, 5.74) is 5.38. The van der Waals surface area contributed by atoms with E-state index in [1.54, 1.807) is 16.7 Å². The second-order valence-corrected chi connectivity index (χ2v) is 8.32. The van der Waals surface area contributed by atoms with Gasteiger partial charge in [0, 0.05) is 29.8 Å². The molecule has 0 aliphatic heterocycles. The van der Waals surface area contributed by atoms with Crippen molar-refractivity contribution in [3.8, 4) is 11.1 Å². The van der Waals surface area contributed by atoms with Crippen LogP contribution in [-0.4, -0.2) is 9.49 Å². The first kappa shape index (κ1) is 21.5. The Bertz CT molecular complexity index is 1630. The van der Waals surface area contributed by atoms with Crippen LogP contribution in [0.2, 0.25) is 0 Å². The first-order chi connectivity index (χ1) is 16.4. The number of nitrogens with one attached hydrogen (secondary N) is 1. The summed E-state index contributed by atoms with van der Waals surface area (Å²) in [5, 5.41) is 15.8. The Morgan fingerprint density at radius 2 is 1.76 bits per heavy atom. The molecule has 7 nitrogen and oxygen atoms in total. The molecule has 0 bridgehead atoms. The smallest absolute Gasteiger partial charge is 0.269 e. The summed E-state index contributed by atoms with van der Waals surface area (Å²) in [6.07, 6.45) is 0. The van der Waals surface area contributed by atoms with Crippen molar-refractivity contribution in [2.45, 2.75) is 27.3 Å². The van der Waals surface area contributed by atoms with Crippen LogP contribution in [0.4, 0.5) is 17.3 Å². The third kappa shape index (κ3) is 3.42. The van der Waals surface area contributed by atoms with Gasteiger partial charge in [0.05, 0.1) is 21.4 Å². The zero-order valence-corrected chi connectivity index (χ0v) is 19.1. The number of hydrogen-bond acceptors (Lipinski definition) is 5. The van der Waals surface area contributed by atoms with Crippen molar-refractivity contribution in [3.63, 3.8) is 0 Å². The summed E-state index contributed by atoms with van der Waals surface area (Å²) < 4.78 is 8.08. The summed E-state index contributed by atoms with van der Waals surface area (Å²) in [7, 11) is 0. The topological polar surface area (TPSA) is 90.3 Å². The van der Waals surface area contributed by atoms with E-state index >= 15 is 0 Å². The van der Waals surface area contributed by atoms with Gasteiger partial charge in [0.1, 0.15) is 0 Å². The van der Waals surface area contributed by atoms with E-state index in [2.05, 4.69) is 11.4 Å². The maximum Gasteiger partial charge on any atom is 0.269 e. The van der Waals surface area contributed by atoms with E-state index in [1.165, 1.54) is 12.1 Å². The molecule has 0 atom stereocenters. The number of anilines is 2. The molecule has 1 N–H and O–H groups in total. The van der Waals surface area contributed by atoms with E-state index in [0.717, 1.165) is 27.7 Å². The van der Waals surface area contributed by atoms with Crippen LogP contribution in [0.1, 0.15) is 18.1 Å². The van der Waals surface area contributed by atoms with Gasteiger partial charge in [-0.1, -0.05) is 29.8 Å². The number of hydrogen-bond donors (Lipinski definition) is 1. The summed E-state index contributed by atoms with van der Waals surface area (Å²) in [4.78, 5) is 24.4. The van der Waals surface area contributed by atoms with Gasteiger partial charge in [-0.3, -0.25) is 14.9 Å². The molecule has 34 heavy (non-hydrogen) atoms. The van der Waals surface area contributed by atoms with Gasteiger partial charge in [-0.05, 0) is 62.2 Å². The fourth-order valence-corrected chi connectivity index (χ4v) is 4.47. The quantitative estimate of drug-likeness (QED) is 0.236. The van der Waals surface area contributed by atoms with E-state index < -0.39 is 4.92 Å². The summed E-state index contributed by atoms with van der Waals surface area (Å²) in [5.74, 6) is 0.423. The highest BCUT2D eigenvalue weighted by Crippen LogP contribution is 2.41. The van der Waals surface area contributed by atoms with Gasteiger partial charge < -0.3 is 14.3 Å². The molecule has 170 valence electrons. The van der Waals surface area contributed by atoms with E-state index in [9.17, 15) is 14.9 Å². The molecule has 0 aliphatic rings. The third-order valence-electron chi connectivity index (χ3n) is 6.12. The predicted molar refractivity (Wildman–Crippen MR) is 135 cm³/mol. The number of fused-ring (bicyclic) bond motifs is 3. The molecule has 5 aromatic rings. The van der Waals surface area contributed by atoms with E-state index in [0.29, 0.717) is 34.5 Å². The maximum absolute atomic E-state index is 13.7. The van der Waals surface area contributed by atoms with Crippen molar-refractivity contribution >= 4 is 39.1 Å². The summed E-state index contributed by atoms with van der Waals surface area (Å²) >= 11 is 0. The second-order valence-electron chi connectivity index (χ2n) is 8.32. The molecule has 0 amide bonds. The maximum atomic E-state index is 13.7. The molecular weight excluding hydrogens is 430 g/mol. The Kier molecular flexibility index (Phi) is 5.17. The summed E-state index contributed by atoms with van der Waals surface area (Å²) in [6.45, 7) is 6.46. The number of nitro benzene ring substituents is 1. The molecule has 0 fully saturated rings. The third-order valence-corrected chi connectivity index (χ3v) is 6.12. The number of nitro groups is 1. The molecule has 0 saturated heterocycles.